The van der Waals surface area contributed by atoms with Gasteiger partial charge in [0, 0.05) is 13.1 Å². The van der Waals surface area contributed by atoms with Gasteiger partial charge in [0.2, 0.25) is 0 Å². The van der Waals surface area contributed by atoms with Crippen molar-refractivity contribution in [1.29, 1.82) is 0 Å². The molecule has 0 radical (unpaired) electrons. The zero-order valence-corrected chi connectivity index (χ0v) is 13.9. The van der Waals surface area contributed by atoms with E-state index in [4.69, 9.17) is 9.47 Å². The molecular weight excluding hydrogens is 318 g/mol. The minimum absolute atomic E-state index is 0.157. The van der Waals surface area contributed by atoms with Gasteiger partial charge in [0.25, 0.3) is 5.91 Å². The normalized spacial score (nSPS) is 16.5. The fraction of sp³-hybridized carbons (Fsp3) is 0.200. The standard InChI is InChI=1S/C20H19NO4/c1-21-18(22)12-17(24-13-15-8-4-2-5-9-15)19(21)20(23)25-14-16-10-6-3-7-11-16/h2-12,19H,13-14H2,1H3. The Kier molecular flexibility index (Phi) is 5.14. The summed E-state index contributed by atoms with van der Waals surface area (Å²) >= 11 is 0. The lowest BCUT2D eigenvalue weighted by Crippen LogP contribution is -2.39. The average molecular weight is 337 g/mol. The number of hydrogen-bond acceptors (Lipinski definition) is 4. The lowest BCUT2D eigenvalue weighted by atomic mass is 10.2. The Morgan fingerprint density at radius 1 is 0.960 bits per heavy atom. The predicted octanol–water partition coefficient (Wildman–Crippen LogP) is 2.67. The molecule has 0 fully saturated rings. The van der Waals surface area contributed by atoms with Gasteiger partial charge in [0.1, 0.15) is 19.0 Å². The van der Waals surface area contributed by atoms with Crippen LogP contribution in [-0.4, -0.2) is 29.9 Å². The molecule has 1 unspecified atom stereocenters. The molecule has 2 aromatic rings. The molecule has 5 heteroatoms. The van der Waals surface area contributed by atoms with Crippen molar-refractivity contribution in [2.45, 2.75) is 19.3 Å². The lowest BCUT2D eigenvalue weighted by molar-refractivity contribution is -0.152. The second kappa shape index (κ2) is 7.66. The fourth-order valence-electron chi connectivity index (χ4n) is 2.56. The van der Waals surface area contributed by atoms with Gasteiger partial charge in [-0.25, -0.2) is 4.79 Å². The van der Waals surface area contributed by atoms with Crippen molar-refractivity contribution < 1.29 is 19.1 Å². The Bertz CT molecular complexity index is 771. The van der Waals surface area contributed by atoms with Gasteiger partial charge in [-0.3, -0.25) is 4.79 Å². The summed E-state index contributed by atoms with van der Waals surface area (Å²) in [7, 11) is 1.56. The topological polar surface area (TPSA) is 55.8 Å². The summed E-state index contributed by atoms with van der Waals surface area (Å²) in [6.07, 6.45) is 1.34. The number of nitrogens with zero attached hydrogens (tertiary/aromatic N) is 1. The summed E-state index contributed by atoms with van der Waals surface area (Å²) in [6.45, 7) is 0.445. The van der Waals surface area contributed by atoms with E-state index in [2.05, 4.69) is 0 Å². The Morgan fingerprint density at radius 2 is 1.52 bits per heavy atom. The first-order valence-electron chi connectivity index (χ1n) is 8.01. The van der Waals surface area contributed by atoms with Crippen LogP contribution >= 0.6 is 0 Å². The molecular formula is C20H19NO4. The third-order valence-corrected chi connectivity index (χ3v) is 3.97. The molecule has 0 spiro atoms. The highest BCUT2D eigenvalue weighted by atomic mass is 16.5. The van der Waals surface area contributed by atoms with Crippen molar-refractivity contribution in [2.24, 2.45) is 0 Å². The van der Waals surface area contributed by atoms with Gasteiger partial charge in [-0.15, -0.1) is 0 Å². The average Bonchev–Trinajstić information content (AvgIpc) is 2.94. The molecule has 2 aromatic carbocycles. The van der Waals surface area contributed by atoms with Crippen molar-refractivity contribution in [2.75, 3.05) is 7.05 Å². The monoisotopic (exact) mass is 337 g/mol. The molecule has 0 saturated carbocycles. The van der Waals surface area contributed by atoms with Crippen LogP contribution in [-0.2, 0) is 32.3 Å². The number of carbonyl (C=O) groups excluding carboxylic acids is 2. The molecule has 0 saturated heterocycles. The van der Waals surface area contributed by atoms with E-state index >= 15 is 0 Å². The minimum atomic E-state index is -0.847. The summed E-state index contributed by atoms with van der Waals surface area (Å²) < 4.78 is 11.1. The smallest absolute Gasteiger partial charge is 0.337 e. The zero-order valence-electron chi connectivity index (χ0n) is 13.9. The first-order valence-corrected chi connectivity index (χ1v) is 8.01. The van der Waals surface area contributed by atoms with Gasteiger partial charge in [-0.05, 0) is 11.1 Å². The molecule has 128 valence electrons. The second-order valence-electron chi connectivity index (χ2n) is 5.77. The maximum absolute atomic E-state index is 12.5. The molecule has 1 aliphatic rings. The van der Waals surface area contributed by atoms with Crippen molar-refractivity contribution >= 4 is 11.9 Å². The molecule has 1 amide bonds. The van der Waals surface area contributed by atoms with Crippen molar-refractivity contribution in [3.8, 4) is 0 Å². The second-order valence-corrected chi connectivity index (χ2v) is 5.77. The van der Waals surface area contributed by atoms with Gasteiger partial charge < -0.3 is 14.4 Å². The summed E-state index contributed by atoms with van der Waals surface area (Å²) in [5.41, 5.74) is 1.85. The number of hydrogen-bond donors (Lipinski definition) is 0. The van der Waals surface area contributed by atoms with Crippen LogP contribution in [0.5, 0.6) is 0 Å². The Labute approximate surface area is 146 Å². The number of benzene rings is 2. The summed E-state index contributed by atoms with van der Waals surface area (Å²) in [4.78, 5) is 25.7. The zero-order chi connectivity index (χ0) is 17.6. The van der Waals surface area contributed by atoms with E-state index in [-0.39, 0.29) is 19.1 Å². The molecule has 1 aliphatic heterocycles. The molecule has 0 aliphatic carbocycles. The number of amides is 1. The summed E-state index contributed by atoms with van der Waals surface area (Å²) in [6, 6.07) is 18.1. The van der Waals surface area contributed by atoms with Crippen molar-refractivity contribution in [1.82, 2.24) is 4.90 Å². The van der Waals surface area contributed by atoms with Crippen LogP contribution in [0, 0.1) is 0 Å². The van der Waals surface area contributed by atoms with Gasteiger partial charge >= 0.3 is 5.97 Å². The SMILES string of the molecule is CN1C(=O)C=C(OCc2ccccc2)C1C(=O)OCc1ccccc1. The van der Waals surface area contributed by atoms with Crippen LogP contribution in [0.15, 0.2) is 72.5 Å². The van der Waals surface area contributed by atoms with E-state index in [9.17, 15) is 9.59 Å². The molecule has 5 nitrogen and oxygen atoms in total. The highest BCUT2D eigenvalue weighted by molar-refractivity contribution is 5.97. The van der Waals surface area contributed by atoms with E-state index in [1.807, 2.05) is 60.7 Å². The molecule has 0 bridgehead atoms. The van der Waals surface area contributed by atoms with Gasteiger partial charge in [0.05, 0.1) is 0 Å². The Hall–Kier alpha value is -3.08. The summed E-state index contributed by atoms with van der Waals surface area (Å²) in [5.74, 6) is -0.462. The maximum Gasteiger partial charge on any atom is 0.337 e. The van der Waals surface area contributed by atoms with Crippen LogP contribution < -0.4 is 0 Å². The van der Waals surface area contributed by atoms with Crippen LogP contribution in [0.1, 0.15) is 11.1 Å². The third kappa shape index (κ3) is 4.07. The predicted molar refractivity (Wildman–Crippen MR) is 92.1 cm³/mol. The Balaban J connectivity index is 1.64. The molecule has 25 heavy (non-hydrogen) atoms. The number of likely N-dealkylation sites (N-methyl/N-ethyl adjacent to an activating group) is 1. The van der Waals surface area contributed by atoms with Crippen LogP contribution in [0.25, 0.3) is 0 Å². The number of esters is 1. The highest BCUT2D eigenvalue weighted by Crippen LogP contribution is 2.22. The maximum atomic E-state index is 12.5. The van der Waals surface area contributed by atoms with Crippen LogP contribution in [0.2, 0.25) is 0 Å². The summed E-state index contributed by atoms with van der Waals surface area (Å²) in [5, 5.41) is 0. The van der Waals surface area contributed by atoms with Gasteiger partial charge in [0.15, 0.2) is 6.04 Å². The van der Waals surface area contributed by atoms with E-state index in [1.54, 1.807) is 7.05 Å². The van der Waals surface area contributed by atoms with Gasteiger partial charge in [-0.1, -0.05) is 60.7 Å². The van der Waals surface area contributed by atoms with E-state index in [0.717, 1.165) is 11.1 Å². The minimum Gasteiger partial charge on any atom is -0.490 e. The third-order valence-electron chi connectivity index (χ3n) is 3.97. The first kappa shape index (κ1) is 16.8. The first-order chi connectivity index (χ1) is 12.1. The van der Waals surface area contributed by atoms with E-state index < -0.39 is 12.0 Å². The molecule has 0 N–H and O–H groups in total. The number of ether oxygens (including phenoxy) is 2. The molecule has 1 heterocycles. The molecule has 0 aromatic heterocycles. The fourth-order valence-corrected chi connectivity index (χ4v) is 2.56. The quantitative estimate of drug-likeness (QED) is 0.761. The van der Waals surface area contributed by atoms with Gasteiger partial charge in [-0.2, -0.15) is 0 Å². The van der Waals surface area contributed by atoms with E-state index in [1.165, 1.54) is 11.0 Å². The van der Waals surface area contributed by atoms with Crippen molar-refractivity contribution in [3.63, 3.8) is 0 Å². The molecule has 3 rings (SSSR count). The van der Waals surface area contributed by atoms with Crippen LogP contribution in [0.4, 0.5) is 0 Å². The lowest BCUT2D eigenvalue weighted by Gasteiger charge is -2.21. The van der Waals surface area contributed by atoms with E-state index in [0.29, 0.717) is 5.76 Å². The Morgan fingerprint density at radius 3 is 2.12 bits per heavy atom. The number of carbonyl (C=O) groups is 2. The molecule has 1 atom stereocenters. The van der Waals surface area contributed by atoms with Crippen molar-refractivity contribution in [3.05, 3.63) is 83.6 Å². The number of rotatable bonds is 6. The van der Waals surface area contributed by atoms with Crippen LogP contribution in [0.3, 0.4) is 0 Å². The largest absolute Gasteiger partial charge is 0.490 e. The highest BCUT2D eigenvalue weighted by Gasteiger charge is 2.38.